The Hall–Kier alpha value is -3.39. The number of rotatable bonds is 3. The van der Waals surface area contributed by atoms with Crippen LogP contribution in [0.4, 0.5) is 5.69 Å². The molecule has 0 aliphatic carbocycles. The molecule has 0 spiro atoms. The van der Waals surface area contributed by atoms with Crippen LogP contribution in [0.3, 0.4) is 0 Å². The summed E-state index contributed by atoms with van der Waals surface area (Å²) >= 11 is 0. The average Bonchev–Trinajstić information content (AvgIpc) is 2.62. The summed E-state index contributed by atoms with van der Waals surface area (Å²) in [5.41, 5.74) is 1.63. The summed E-state index contributed by atoms with van der Waals surface area (Å²) in [6, 6.07) is 16.3. The number of anilines is 1. The van der Waals surface area contributed by atoms with E-state index in [0.29, 0.717) is 22.2 Å². The lowest BCUT2D eigenvalue weighted by Crippen LogP contribution is -2.22. The van der Waals surface area contributed by atoms with Crippen molar-refractivity contribution in [1.29, 1.82) is 5.26 Å². The van der Waals surface area contributed by atoms with Gasteiger partial charge in [-0.1, -0.05) is 30.3 Å². The van der Waals surface area contributed by atoms with Gasteiger partial charge in [-0.3, -0.25) is 9.59 Å². The molecule has 1 unspecified atom stereocenters. The van der Waals surface area contributed by atoms with Gasteiger partial charge >= 0.3 is 0 Å². The van der Waals surface area contributed by atoms with E-state index in [1.54, 1.807) is 43.3 Å². The third-order valence-electron chi connectivity index (χ3n) is 3.90. The number of pyridine rings is 1. The molecule has 2 N–H and O–H groups in total. The number of hydrogen-bond acceptors (Lipinski definition) is 3. The Kier molecular flexibility index (Phi) is 4.13. The van der Waals surface area contributed by atoms with Gasteiger partial charge < -0.3 is 10.3 Å². The van der Waals surface area contributed by atoms with Gasteiger partial charge in [-0.05, 0) is 30.7 Å². The van der Waals surface area contributed by atoms with Crippen LogP contribution in [0.1, 0.15) is 28.8 Å². The van der Waals surface area contributed by atoms with Crippen molar-refractivity contribution in [2.45, 2.75) is 12.8 Å². The fourth-order valence-electron chi connectivity index (χ4n) is 2.58. The molecule has 3 aromatic rings. The van der Waals surface area contributed by atoms with Crippen molar-refractivity contribution in [2.24, 2.45) is 0 Å². The van der Waals surface area contributed by atoms with Crippen molar-refractivity contribution in [3.63, 3.8) is 0 Å². The number of carbonyl (C=O) groups is 1. The lowest BCUT2D eigenvalue weighted by Gasteiger charge is -2.12. The molecule has 0 aliphatic heterocycles. The molecule has 24 heavy (non-hydrogen) atoms. The lowest BCUT2D eigenvalue weighted by molar-refractivity contribution is 0.102. The highest BCUT2D eigenvalue weighted by atomic mass is 16.2. The largest absolute Gasteiger partial charge is 0.360 e. The molecule has 2 aromatic carbocycles. The number of fused-ring (bicyclic) bond motifs is 1. The minimum absolute atomic E-state index is 0.0353. The maximum atomic E-state index is 12.5. The summed E-state index contributed by atoms with van der Waals surface area (Å²) in [4.78, 5) is 28.0. The van der Waals surface area contributed by atoms with Crippen LogP contribution >= 0.6 is 0 Å². The second kappa shape index (κ2) is 6.39. The SMILES string of the molecule is CC(C#N)c1ccccc1NC(=O)c1c[nH]c2ccccc2c1=O. The number of H-pyrrole nitrogens is 1. The van der Waals surface area contributed by atoms with Gasteiger partial charge in [0.25, 0.3) is 5.91 Å². The normalized spacial score (nSPS) is 11.7. The van der Waals surface area contributed by atoms with Crippen molar-refractivity contribution in [3.8, 4) is 6.07 Å². The fraction of sp³-hybridized carbons (Fsp3) is 0.105. The van der Waals surface area contributed by atoms with E-state index >= 15 is 0 Å². The zero-order valence-electron chi connectivity index (χ0n) is 13.0. The molecular weight excluding hydrogens is 302 g/mol. The van der Waals surface area contributed by atoms with E-state index in [1.807, 2.05) is 12.1 Å². The van der Waals surface area contributed by atoms with Crippen LogP contribution in [-0.4, -0.2) is 10.9 Å². The monoisotopic (exact) mass is 317 g/mol. The van der Waals surface area contributed by atoms with Crippen LogP contribution in [-0.2, 0) is 0 Å². The predicted octanol–water partition coefficient (Wildman–Crippen LogP) is 3.41. The molecule has 0 aliphatic rings. The highest BCUT2D eigenvalue weighted by molar-refractivity contribution is 6.06. The van der Waals surface area contributed by atoms with Crippen molar-refractivity contribution in [3.05, 3.63) is 76.1 Å². The highest BCUT2D eigenvalue weighted by Crippen LogP contribution is 2.24. The molecule has 1 amide bonds. The van der Waals surface area contributed by atoms with E-state index in [1.165, 1.54) is 6.20 Å². The maximum Gasteiger partial charge on any atom is 0.261 e. The summed E-state index contributed by atoms with van der Waals surface area (Å²) in [6.45, 7) is 1.76. The molecule has 3 rings (SSSR count). The molecule has 0 radical (unpaired) electrons. The molecule has 1 heterocycles. The van der Waals surface area contributed by atoms with Crippen LogP contribution in [0.2, 0.25) is 0 Å². The first-order valence-electron chi connectivity index (χ1n) is 7.52. The molecule has 118 valence electrons. The number of hydrogen-bond donors (Lipinski definition) is 2. The second-order valence-electron chi connectivity index (χ2n) is 5.47. The Morgan fingerprint density at radius 2 is 1.88 bits per heavy atom. The topological polar surface area (TPSA) is 85.8 Å². The molecule has 1 aromatic heterocycles. The van der Waals surface area contributed by atoms with Gasteiger partial charge in [-0.15, -0.1) is 0 Å². The summed E-state index contributed by atoms with van der Waals surface area (Å²) in [5.74, 6) is -0.865. The Balaban J connectivity index is 1.99. The Morgan fingerprint density at radius 1 is 1.17 bits per heavy atom. The number of nitriles is 1. The number of aromatic amines is 1. The van der Waals surface area contributed by atoms with Crippen LogP contribution in [0.15, 0.2) is 59.5 Å². The van der Waals surface area contributed by atoms with Gasteiger partial charge in [0.2, 0.25) is 5.43 Å². The number of aromatic nitrogens is 1. The maximum absolute atomic E-state index is 12.5. The first-order chi connectivity index (χ1) is 11.6. The zero-order valence-corrected chi connectivity index (χ0v) is 13.0. The van der Waals surface area contributed by atoms with E-state index in [9.17, 15) is 9.59 Å². The van der Waals surface area contributed by atoms with Crippen LogP contribution in [0.25, 0.3) is 10.9 Å². The highest BCUT2D eigenvalue weighted by Gasteiger charge is 2.16. The summed E-state index contributed by atoms with van der Waals surface area (Å²) in [6.07, 6.45) is 1.41. The van der Waals surface area contributed by atoms with Crippen LogP contribution < -0.4 is 10.7 Å². The van der Waals surface area contributed by atoms with Gasteiger partial charge in [0.15, 0.2) is 0 Å². The minimum atomic E-state index is -0.500. The number of para-hydroxylation sites is 2. The number of amides is 1. The van der Waals surface area contributed by atoms with Crippen molar-refractivity contribution < 1.29 is 4.79 Å². The molecule has 1 atom stereocenters. The van der Waals surface area contributed by atoms with Crippen LogP contribution in [0, 0.1) is 11.3 Å². The van der Waals surface area contributed by atoms with E-state index in [4.69, 9.17) is 5.26 Å². The number of nitrogens with zero attached hydrogens (tertiary/aromatic N) is 1. The number of nitrogens with one attached hydrogen (secondary N) is 2. The van der Waals surface area contributed by atoms with E-state index in [2.05, 4.69) is 16.4 Å². The lowest BCUT2D eigenvalue weighted by atomic mass is 10.0. The Bertz CT molecular complexity index is 1010. The third-order valence-corrected chi connectivity index (χ3v) is 3.90. The Labute approximate surface area is 138 Å². The van der Waals surface area contributed by atoms with Gasteiger partial charge in [0, 0.05) is 22.8 Å². The van der Waals surface area contributed by atoms with Gasteiger partial charge in [-0.25, -0.2) is 0 Å². The van der Waals surface area contributed by atoms with E-state index in [0.717, 1.165) is 0 Å². The summed E-state index contributed by atoms with van der Waals surface area (Å²) in [7, 11) is 0. The summed E-state index contributed by atoms with van der Waals surface area (Å²) in [5, 5.41) is 12.3. The van der Waals surface area contributed by atoms with Gasteiger partial charge in [-0.2, -0.15) is 5.26 Å². The summed E-state index contributed by atoms with van der Waals surface area (Å²) < 4.78 is 0. The van der Waals surface area contributed by atoms with Crippen molar-refractivity contribution in [2.75, 3.05) is 5.32 Å². The molecule has 5 nitrogen and oxygen atoms in total. The van der Waals surface area contributed by atoms with Crippen molar-refractivity contribution >= 4 is 22.5 Å². The van der Waals surface area contributed by atoms with Gasteiger partial charge in [0.05, 0.1) is 12.0 Å². The van der Waals surface area contributed by atoms with Crippen LogP contribution in [0.5, 0.6) is 0 Å². The molecule has 0 fully saturated rings. The standard InChI is InChI=1S/C19H15N3O2/c1-12(10-20)13-6-2-5-9-17(13)22-19(24)15-11-21-16-8-4-3-7-14(16)18(15)23/h2-9,11-12H,1H3,(H,21,23)(H,22,24). The molecule has 0 bridgehead atoms. The molecular formula is C19H15N3O2. The number of benzene rings is 2. The first-order valence-corrected chi connectivity index (χ1v) is 7.52. The average molecular weight is 317 g/mol. The predicted molar refractivity (Wildman–Crippen MR) is 93.0 cm³/mol. The molecule has 0 saturated carbocycles. The minimum Gasteiger partial charge on any atom is -0.360 e. The Morgan fingerprint density at radius 3 is 2.67 bits per heavy atom. The van der Waals surface area contributed by atoms with Crippen molar-refractivity contribution in [1.82, 2.24) is 4.98 Å². The first kappa shape index (κ1) is 15.5. The molecule has 0 saturated heterocycles. The van der Waals surface area contributed by atoms with Gasteiger partial charge in [0.1, 0.15) is 5.56 Å². The smallest absolute Gasteiger partial charge is 0.261 e. The third kappa shape index (κ3) is 2.77. The zero-order chi connectivity index (χ0) is 17.1. The quantitative estimate of drug-likeness (QED) is 0.776. The van der Waals surface area contributed by atoms with E-state index < -0.39 is 5.91 Å². The molecule has 5 heteroatoms. The number of carbonyl (C=O) groups excluding carboxylic acids is 1. The fourth-order valence-corrected chi connectivity index (χ4v) is 2.58. The second-order valence-corrected chi connectivity index (χ2v) is 5.47. The van der Waals surface area contributed by atoms with E-state index in [-0.39, 0.29) is 16.9 Å².